The molecule has 10 aromatic rings. The molecule has 0 aliphatic heterocycles. The van der Waals surface area contributed by atoms with Gasteiger partial charge in [-0.2, -0.15) is 0 Å². The second-order valence-electron chi connectivity index (χ2n) is 13.9. The highest BCUT2D eigenvalue weighted by Crippen LogP contribution is 2.40. The van der Waals surface area contributed by atoms with E-state index in [9.17, 15) is 4.39 Å². The molecule has 0 amide bonds. The monoisotopic (exact) mass is 706 g/mol. The van der Waals surface area contributed by atoms with Crippen LogP contribution < -0.4 is 4.90 Å². The molecule has 0 N–H and O–H groups in total. The molecule has 0 aliphatic carbocycles. The summed E-state index contributed by atoms with van der Waals surface area (Å²) in [5.74, 6) is -0.235. The number of hydrogen-bond acceptors (Lipinski definition) is 1. The van der Waals surface area contributed by atoms with E-state index < -0.39 is 0 Å². The molecule has 0 saturated carbocycles. The molecule has 0 spiro atoms. The van der Waals surface area contributed by atoms with Gasteiger partial charge in [-0.05, 0) is 112 Å². The van der Waals surface area contributed by atoms with E-state index in [4.69, 9.17) is 0 Å². The van der Waals surface area contributed by atoms with Crippen molar-refractivity contribution in [2.75, 3.05) is 4.90 Å². The van der Waals surface area contributed by atoms with E-state index >= 15 is 0 Å². The summed E-state index contributed by atoms with van der Waals surface area (Å²) in [5.41, 5.74) is 13.4. The van der Waals surface area contributed by atoms with Gasteiger partial charge in [0.1, 0.15) is 5.82 Å². The van der Waals surface area contributed by atoms with Crippen molar-refractivity contribution in [1.82, 2.24) is 4.57 Å². The van der Waals surface area contributed by atoms with Gasteiger partial charge in [-0.3, -0.25) is 0 Å². The van der Waals surface area contributed by atoms with Gasteiger partial charge in [-0.1, -0.05) is 140 Å². The predicted octanol–water partition coefficient (Wildman–Crippen LogP) is 14.5. The van der Waals surface area contributed by atoms with Gasteiger partial charge in [0, 0.05) is 33.2 Å². The van der Waals surface area contributed by atoms with Crippen LogP contribution in [0.1, 0.15) is 0 Å². The fourth-order valence-corrected chi connectivity index (χ4v) is 7.94. The molecule has 1 heterocycles. The van der Waals surface area contributed by atoms with Crippen LogP contribution in [-0.2, 0) is 0 Å². The number of hydrogen-bond donors (Lipinski definition) is 0. The highest BCUT2D eigenvalue weighted by molar-refractivity contribution is 6.11. The lowest BCUT2D eigenvalue weighted by atomic mass is 10.0. The smallest absolute Gasteiger partial charge is 0.123 e. The van der Waals surface area contributed by atoms with Crippen LogP contribution in [0.25, 0.3) is 71.6 Å². The fourth-order valence-electron chi connectivity index (χ4n) is 7.94. The quantitative estimate of drug-likeness (QED) is 0.160. The molecule has 10 rings (SSSR count). The fraction of sp³-hybridized carbons (Fsp3) is 0. The Kier molecular flexibility index (Phi) is 8.04. The average Bonchev–Trinajstić information content (AvgIpc) is 3.58. The standard InChI is InChI=1S/C52H35FN2/c53-43-26-17-37(18-27-43)39-21-30-45(31-22-39)54(44-28-19-38(20-29-44)36-9-2-1-3-10-36)46-32-23-40(24-33-46)42-25-34-52-49(35-42)48-14-6-7-15-51(48)55(52)50-16-8-12-41-11-4-5-13-47(41)50/h1-35H. The van der Waals surface area contributed by atoms with Gasteiger partial charge in [0.2, 0.25) is 0 Å². The Balaban J connectivity index is 1.04. The highest BCUT2D eigenvalue weighted by Gasteiger charge is 2.17. The SMILES string of the molecule is Fc1ccc(-c2ccc(N(c3ccc(-c4ccccc4)cc3)c3ccc(-c4ccc5c(c4)c4ccccc4n5-c4cccc5ccccc45)cc3)cc2)cc1. The zero-order chi connectivity index (χ0) is 36.7. The number of halogens is 1. The topological polar surface area (TPSA) is 8.17 Å². The summed E-state index contributed by atoms with van der Waals surface area (Å²) in [4.78, 5) is 2.29. The Labute approximate surface area is 319 Å². The maximum atomic E-state index is 13.7. The van der Waals surface area contributed by atoms with Gasteiger partial charge in [0.05, 0.1) is 16.7 Å². The zero-order valence-electron chi connectivity index (χ0n) is 30.0. The van der Waals surface area contributed by atoms with E-state index in [0.717, 1.165) is 33.8 Å². The van der Waals surface area contributed by atoms with E-state index in [2.05, 4.69) is 191 Å². The van der Waals surface area contributed by atoms with Gasteiger partial charge in [0.15, 0.2) is 0 Å². The summed E-state index contributed by atoms with van der Waals surface area (Å²) >= 11 is 0. The third kappa shape index (κ3) is 5.93. The number of rotatable bonds is 7. The van der Waals surface area contributed by atoms with E-state index in [1.54, 1.807) is 0 Å². The molecule has 0 unspecified atom stereocenters. The maximum Gasteiger partial charge on any atom is 0.123 e. The second-order valence-corrected chi connectivity index (χ2v) is 13.9. The lowest BCUT2D eigenvalue weighted by Crippen LogP contribution is -2.09. The van der Waals surface area contributed by atoms with Crippen molar-refractivity contribution in [3.63, 3.8) is 0 Å². The summed E-state index contributed by atoms with van der Waals surface area (Å²) in [6.07, 6.45) is 0. The van der Waals surface area contributed by atoms with Crippen molar-refractivity contribution in [3.05, 3.63) is 218 Å². The Morgan fingerprint density at radius 2 is 0.782 bits per heavy atom. The Morgan fingerprint density at radius 3 is 1.42 bits per heavy atom. The first-order valence-electron chi connectivity index (χ1n) is 18.6. The highest BCUT2D eigenvalue weighted by atomic mass is 19.1. The summed E-state index contributed by atoms with van der Waals surface area (Å²) in [7, 11) is 0. The second kappa shape index (κ2) is 13.6. The van der Waals surface area contributed by atoms with E-state index in [0.29, 0.717) is 0 Å². The first-order valence-corrected chi connectivity index (χ1v) is 18.6. The van der Waals surface area contributed by atoms with E-state index in [1.807, 2.05) is 18.2 Å². The van der Waals surface area contributed by atoms with Crippen LogP contribution in [0, 0.1) is 5.82 Å². The molecule has 0 atom stereocenters. The van der Waals surface area contributed by atoms with Crippen LogP contribution in [-0.4, -0.2) is 4.57 Å². The number of aromatic nitrogens is 1. The zero-order valence-corrected chi connectivity index (χ0v) is 30.0. The lowest BCUT2D eigenvalue weighted by Gasteiger charge is -2.26. The first kappa shape index (κ1) is 32.4. The Bertz CT molecular complexity index is 2940. The van der Waals surface area contributed by atoms with E-state index in [1.165, 1.54) is 67.1 Å². The van der Waals surface area contributed by atoms with Crippen LogP contribution in [0.5, 0.6) is 0 Å². The molecule has 9 aromatic carbocycles. The van der Waals surface area contributed by atoms with Crippen molar-refractivity contribution >= 4 is 49.6 Å². The number of nitrogens with zero attached hydrogens (tertiary/aromatic N) is 2. The lowest BCUT2D eigenvalue weighted by molar-refractivity contribution is 0.628. The molecule has 3 heteroatoms. The molecule has 0 radical (unpaired) electrons. The summed E-state index contributed by atoms with van der Waals surface area (Å²) in [6, 6.07) is 73.9. The third-order valence-electron chi connectivity index (χ3n) is 10.7. The molecule has 1 aromatic heterocycles. The van der Waals surface area contributed by atoms with Gasteiger partial charge in [-0.15, -0.1) is 0 Å². The first-order chi connectivity index (χ1) is 27.2. The molecule has 0 saturated heterocycles. The van der Waals surface area contributed by atoms with Crippen molar-refractivity contribution in [1.29, 1.82) is 0 Å². The van der Waals surface area contributed by atoms with Gasteiger partial charge in [0.25, 0.3) is 0 Å². The minimum atomic E-state index is -0.235. The molecule has 55 heavy (non-hydrogen) atoms. The van der Waals surface area contributed by atoms with Crippen molar-refractivity contribution in [3.8, 4) is 39.1 Å². The summed E-state index contributed by atoms with van der Waals surface area (Å²) in [6.45, 7) is 0. The van der Waals surface area contributed by atoms with Crippen molar-refractivity contribution in [2.45, 2.75) is 0 Å². The molecule has 0 aliphatic rings. The molecular weight excluding hydrogens is 672 g/mol. The summed E-state index contributed by atoms with van der Waals surface area (Å²) < 4.78 is 16.1. The minimum absolute atomic E-state index is 0.235. The van der Waals surface area contributed by atoms with Crippen LogP contribution in [0.2, 0.25) is 0 Å². The van der Waals surface area contributed by atoms with Crippen molar-refractivity contribution < 1.29 is 4.39 Å². The normalized spacial score (nSPS) is 11.4. The average molecular weight is 707 g/mol. The van der Waals surface area contributed by atoms with Crippen molar-refractivity contribution in [2.24, 2.45) is 0 Å². The number of para-hydroxylation sites is 1. The number of benzene rings is 9. The largest absolute Gasteiger partial charge is 0.311 e. The minimum Gasteiger partial charge on any atom is -0.311 e. The molecule has 0 bridgehead atoms. The molecule has 260 valence electrons. The summed E-state index contributed by atoms with van der Waals surface area (Å²) in [5, 5.41) is 4.92. The van der Waals surface area contributed by atoms with E-state index in [-0.39, 0.29) is 5.82 Å². The van der Waals surface area contributed by atoms with Crippen LogP contribution in [0.3, 0.4) is 0 Å². The third-order valence-corrected chi connectivity index (χ3v) is 10.7. The molecule has 2 nitrogen and oxygen atoms in total. The van der Waals surface area contributed by atoms with Crippen LogP contribution in [0.15, 0.2) is 212 Å². The molecular formula is C52H35FN2. The molecule has 0 fully saturated rings. The Morgan fingerprint density at radius 1 is 0.327 bits per heavy atom. The number of anilines is 3. The predicted molar refractivity (Wildman–Crippen MR) is 229 cm³/mol. The van der Waals surface area contributed by atoms with Gasteiger partial charge >= 0.3 is 0 Å². The van der Waals surface area contributed by atoms with Crippen LogP contribution in [0.4, 0.5) is 21.5 Å². The maximum absolute atomic E-state index is 13.7. The number of fused-ring (bicyclic) bond motifs is 4. The Hall–Kier alpha value is -7.23. The van der Waals surface area contributed by atoms with Crippen LogP contribution >= 0.6 is 0 Å². The van der Waals surface area contributed by atoms with Gasteiger partial charge < -0.3 is 9.47 Å². The van der Waals surface area contributed by atoms with Gasteiger partial charge in [-0.25, -0.2) is 4.39 Å².